The van der Waals surface area contributed by atoms with Crippen LogP contribution in [0.5, 0.6) is 0 Å². The monoisotopic (exact) mass is 369 g/mol. The van der Waals surface area contributed by atoms with E-state index < -0.39 is 0 Å². The molecule has 0 saturated heterocycles. The summed E-state index contributed by atoms with van der Waals surface area (Å²) in [5.41, 5.74) is 7.18. The van der Waals surface area contributed by atoms with Crippen LogP contribution in [0.4, 0.5) is 5.13 Å². The SMILES string of the molecule is COC(=O)Cc1sc(NC(=O)CC(C)N)nc1-c1ccccc1.Cl. The first-order valence-electron chi connectivity index (χ1n) is 7.17. The summed E-state index contributed by atoms with van der Waals surface area (Å²) in [6.45, 7) is 1.76. The van der Waals surface area contributed by atoms with Crippen LogP contribution in [0.25, 0.3) is 11.3 Å². The second-order valence-electron chi connectivity index (χ2n) is 5.14. The number of anilines is 1. The van der Waals surface area contributed by atoms with E-state index in [1.54, 1.807) is 6.92 Å². The lowest BCUT2D eigenvalue weighted by atomic mass is 10.1. The third-order valence-corrected chi connectivity index (χ3v) is 4.00. The fraction of sp³-hybridized carbons (Fsp3) is 0.312. The van der Waals surface area contributed by atoms with Gasteiger partial charge in [0.05, 0.1) is 19.2 Å². The number of thiazole rings is 1. The molecular formula is C16H20ClN3O3S. The van der Waals surface area contributed by atoms with Gasteiger partial charge in [0.25, 0.3) is 0 Å². The highest BCUT2D eigenvalue weighted by Gasteiger charge is 2.18. The highest BCUT2D eigenvalue weighted by molar-refractivity contribution is 7.16. The van der Waals surface area contributed by atoms with E-state index in [0.717, 1.165) is 10.4 Å². The molecule has 1 aromatic heterocycles. The van der Waals surface area contributed by atoms with E-state index in [2.05, 4.69) is 10.3 Å². The van der Waals surface area contributed by atoms with Crippen molar-refractivity contribution in [3.8, 4) is 11.3 Å². The van der Waals surface area contributed by atoms with Crippen molar-refractivity contribution < 1.29 is 14.3 Å². The van der Waals surface area contributed by atoms with E-state index in [4.69, 9.17) is 10.5 Å². The number of carbonyl (C=O) groups excluding carboxylic acids is 2. The molecule has 1 unspecified atom stereocenters. The van der Waals surface area contributed by atoms with Crippen LogP contribution in [-0.2, 0) is 20.7 Å². The number of nitrogens with one attached hydrogen (secondary N) is 1. The van der Waals surface area contributed by atoms with Gasteiger partial charge in [0, 0.05) is 22.9 Å². The van der Waals surface area contributed by atoms with Crippen LogP contribution in [0.1, 0.15) is 18.2 Å². The van der Waals surface area contributed by atoms with Crippen LogP contribution >= 0.6 is 23.7 Å². The average Bonchev–Trinajstić information content (AvgIpc) is 2.89. The minimum Gasteiger partial charge on any atom is -0.469 e. The van der Waals surface area contributed by atoms with Crippen molar-refractivity contribution in [1.82, 2.24) is 4.98 Å². The Balaban J connectivity index is 0.00000288. The number of amides is 1. The van der Waals surface area contributed by atoms with Crippen LogP contribution in [0, 0.1) is 0 Å². The summed E-state index contributed by atoms with van der Waals surface area (Å²) < 4.78 is 4.72. The minimum absolute atomic E-state index is 0. The van der Waals surface area contributed by atoms with Crippen molar-refractivity contribution in [2.45, 2.75) is 25.8 Å². The van der Waals surface area contributed by atoms with Gasteiger partial charge < -0.3 is 15.8 Å². The van der Waals surface area contributed by atoms with E-state index in [1.807, 2.05) is 30.3 Å². The molecule has 0 aliphatic heterocycles. The van der Waals surface area contributed by atoms with Crippen molar-refractivity contribution in [1.29, 1.82) is 0 Å². The quantitative estimate of drug-likeness (QED) is 0.763. The van der Waals surface area contributed by atoms with Gasteiger partial charge in [-0.15, -0.1) is 23.7 Å². The number of nitrogens with zero attached hydrogens (tertiary/aromatic N) is 1. The first-order valence-corrected chi connectivity index (χ1v) is 7.98. The summed E-state index contributed by atoms with van der Waals surface area (Å²) in [7, 11) is 1.34. The molecule has 1 atom stereocenters. The summed E-state index contributed by atoms with van der Waals surface area (Å²) in [4.78, 5) is 28.6. The number of carbonyl (C=O) groups is 2. The molecule has 0 aliphatic rings. The number of aromatic nitrogens is 1. The largest absolute Gasteiger partial charge is 0.469 e. The molecule has 0 spiro atoms. The van der Waals surface area contributed by atoms with Gasteiger partial charge in [-0.3, -0.25) is 9.59 Å². The number of hydrogen-bond acceptors (Lipinski definition) is 6. The Morgan fingerprint density at radius 1 is 1.33 bits per heavy atom. The molecule has 3 N–H and O–H groups in total. The maximum absolute atomic E-state index is 11.8. The van der Waals surface area contributed by atoms with Gasteiger partial charge in [-0.25, -0.2) is 4.98 Å². The van der Waals surface area contributed by atoms with E-state index in [1.165, 1.54) is 18.4 Å². The van der Waals surface area contributed by atoms with E-state index in [-0.39, 0.29) is 43.2 Å². The number of ether oxygens (including phenoxy) is 1. The molecule has 0 fully saturated rings. The predicted octanol–water partition coefficient (Wildman–Crippen LogP) is 2.62. The minimum atomic E-state index is -0.348. The lowest BCUT2D eigenvalue weighted by Crippen LogP contribution is -2.23. The number of benzene rings is 1. The van der Waals surface area contributed by atoms with Crippen LogP contribution in [0.3, 0.4) is 0 Å². The zero-order chi connectivity index (χ0) is 16.8. The number of esters is 1. The van der Waals surface area contributed by atoms with Gasteiger partial charge in [-0.2, -0.15) is 0 Å². The Labute approximate surface area is 150 Å². The standard InChI is InChI=1S/C16H19N3O3S.ClH/c1-10(17)8-13(20)18-16-19-15(11-6-4-3-5-7-11)12(23-16)9-14(21)22-2;/h3-7,10H,8-9,17H2,1-2H3,(H,18,19,20);1H. The topological polar surface area (TPSA) is 94.3 Å². The van der Waals surface area contributed by atoms with Crippen LogP contribution in [-0.4, -0.2) is 30.0 Å². The molecule has 0 radical (unpaired) electrons. The molecule has 1 heterocycles. The normalized spacial score (nSPS) is 11.3. The third-order valence-electron chi connectivity index (χ3n) is 3.03. The van der Waals surface area contributed by atoms with E-state index in [0.29, 0.717) is 10.8 Å². The molecule has 0 aliphatic carbocycles. The second kappa shape index (κ2) is 9.36. The fourth-order valence-corrected chi connectivity index (χ4v) is 3.00. The Bertz CT molecular complexity index is 689. The summed E-state index contributed by atoms with van der Waals surface area (Å²) in [5, 5.41) is 3.18. The Hall–Kier alpha value is -1.96. The van der Waals surface area contributed by atoms with Crippen molar-refractivity contribution in [2.75, 3.05) is 12.4 Å². The Morgan fingerprint density at radius 2 is 2.00 bits per heavy atom. The molecule has 2 rings (SSSR count). The van der Waals surface area contributed by atoms with Gasteiger partial charge >= 0.3 is 5.97 Å². The molecule has 24 heavy (non-hydrogen) atoms. The zero-order valence-electron chi connectivity index (χ0n) is 13.4. The molecule has 0 saturated carbocycles. The molecule has 1 amide bonds. The van der Waals surface area contributed by atoms with Gasteiger partial charge in [-0.1, -0.05) is 30.3 Å². The highest BCUT2D eigenvalue weighted by Crippen LogP contribution is 2.31. The number of hydrogen-bond donors (Lipinski definition) is 2. The highest BCUT2D eigenvalue weighted by atomic mass is 35.5. The van der Waals surface area contributed by atoms with Crippen LogP contribution < -0.4 is 11.1 Å². The third kappa shape index (κ3) is 5.59. The van der Waals surface area contributed by atoms with Crippen molar-refractivity contribution in [2.24, 2.45) is 5.73 Å². The fourth-order valence-electron chi connectivity index (χ4n) is 2.01. The number of methoxy groups -OCH3 is 1. The molecule has 130 valence electrons. The molecule has 2 aromatic rings. The maximum atomic E-state index is 11.8. The first kappa shape index (κ1) is 20.1. The maximum Gasteiger partial charge on any atom is 0.310 e. The number of halogens is 1. The second-order valence-corrected chi connectivity index (χ2v) is 6.22. The van der Waals surface area contributed by atoms with Crippen molar-refractivity contribution in [3.63, 3.8) is 0 Å². The molecular weight excluding hydrogens is 350 g/mol. The van der Waals surface area contributed by atoms with Gasteiger partial charge in [-0.05, 0) is 6.92 Å². The molecule has 1 aromatic carbocycles. The summed E-state index contributed by atoms with van der Waals surface area (Å²) in [5.74, 6) is -0.544. The van der Waals surface area contributed by atoms with Gasteiger partial charge in [0.15, 0.2) is 5.13 Å². The van der Waals surface area contributed by atoms with E-state index >= 15 is 0 Å². The lowest BCUT2D eigenvalue weighted by molar-refractivity contribution is -0.139. The average molecular weight is 370 g/mol. The predicted molar refractivity (Wildman–Crippen MR) is 97.4 cm³/mol. The van der Waals surface area contributed by atoms with Crippen LogP contribution in [0.2, 0.25) is 0 Å². The summed E-state index contributed by atoms with van der Waals surface area (Å²) >= 11 is 1.27. The Morgan fingerprint density at radius 3 is 2.58 bits per heavy atom. The summed E-state index contributed by atoms with van der Waals surface area (Å²) in [6.07, 6.45) is 0.328. The molecule has 8 heteroatoms. The van der Waals surface area contributed by atoms with E-state index in [9.17, 15) is 9.59 Å². The van der Waals surface area contributed by atoms with Gasteiger partial charge in [0.2, 0.25) is 5.91 Å². The lowest BCUT2D eigenvalue weighted by Gasteiger charge is -2.03. The van der Waals surface area contributed by atoms with Crippen LogP contribution in [0.15, 0.2) is 30.3 Å². The first-order chi connectivity index (χ1) is 11.0. The molecule has 0 bridgehead atoms. The molecule has 6 nitrogen and oxygen atoms in total. The Kier molecular flexibility index (Phi) is 7.84. The number of rotatable bonds is 6. The van der Waals surface area contributed by atoms with Crippen molar-refractivity contribution >= 4 is 40.8 Å². The van der Waals surface area contributed by atoms with Gasteiger partial charge in [0.1, 0.15) is 0 Å². The smallest absolute Gasteiger partial charge is 0.310 e. The summed E-state index contributed by atoms with van der Waals surface area (Å²) in [6, 6.07) is 9.28. The number of nitrogens with two attached hydrogens (primary N) is 1. The zero-order valence-corrected chi connectivity index (χ0v) is 15.1. The van der Waals surface area contributed by atoms with Crippen molar-refractivity contribution in [3.05, 3.63) is 35.2 Å².